The van der Waals surface area contributed by atoms with Crippen LogP contribution in [-0.2, 0) is 4.74 Å². The number of hydrogen-bond acceptors (Lipinski definition) is 8. The number of thiazole rings is 1. The molecule has 0 aliphatic carbocycles. The number of nitrogens with two attached hydrogens (primary N) is 1. The van der Waals surface area contributed by atoms with Gasteiger partial charge in [-0.05, 0) is 44.2 Å². The van der Waals surface area contributed by atoms with Crippen LogP contribution in [0.25, 0.3) is 5.70 Å². The summed E-state index contributed by atoms with van der Waals surface area (Å²) in [4.78, 5) is 12.1. The Bertz CT molecular complexity index is 881. The standard InChI is InChI=1S/C21H28N6OS/c1-4-23-21-25-15(2)20(29-21)19(22)9-10-24-16(3)26-17-5-7-18(8-6-17)27-11-13-28-14-12-27/h5-10,26H,3-4,11-14,22H2,1-2H3,(H,23,25)/b19-9-,24-10-. The van der Waals surface area contributed by atoms with E-state index in [1.807, 2.05) is 26.0 Å². The minimum Gasteiger partial charge on any atom is -0.397 e. The number of morpholine rings is 1. The van der Waals surface area contributed by atoms with Crippen molar-refractivity contribution in [2.45, 2.75) is 13.8 Å². The molecule has 0 radical (unpaired) electrons. The van der Waals surface area contributed by atoms with Gasteiger partial charge in [-0.3, -0.25) is 0 Å². The first kappa shape index (κ1) is 20.9. The van der Waals surface area contributed by atoms with E-state index in [1.165, 1.54) is 17.0 Å². The molecule has 1 saturated heterocycles. The van der Waals surface area contributed by atoms with Crippen molar-refractivity contribution in [1.29, 1.82) is 0 Å². The molecule has 1 aromatic carbocycles. The number of aryl methyl sites for hydroxylation is 1. The van der Waals surface area contributed by atoms with E-state index in [-0.39, 0.29) is 0 Å². The van der Waals surface area contributed by atoms with Gasteiger partial charge in [-0.2, -0.15) is 0 Å². The lowest BCUT2D eigenvalue weighted by molar-refractivity contribution is 0.122. The van der Waals surface area contributed by atoms with Gasteiger partial charge in [-0.15, -0.1) is 0 Å². The van der Waals surface area contributed by atoms with Crippen molar-refractivity contribution >= 4 is 39.8 Å². The Balaban J connectivity index is 1.55. The average molecular weight is 413 g/mol. The molecular weight excluding hydrogens is 384 g/mol. The molecule has 0 unspecified atom stereocenters. The third-order valence-corrected chi connectivity index (χ3v) is 5.57. The van der Waals surface area contributed by atoms with E-state index in [0.717, 1.165) is 54.2 Å². The third-order valence-electron chi connectivity index (χ3n) is 4.40. The second kappa shape index (κ2) is 10.1. The third kappa shape index (κ3) is 5.82. The lowest BCUT2D eigenvalue weighted by Gasteiger charge is -2.28. The average Bonchev–Trinajstić information content (AvgIpc) is 3.10. The van der Waals surface area contributed by atoms with Crippen LogP contribution in [0, 0.1) is 6.92 Å². The highest BCUT2D eigenvalue weighted by Crippen LogP contribution is 2.26. The van der Waals surface area contributed by atoms with E-state index >= 15 is 0 Å². The fourth-order valence-corrected chi connectivity index (χ4v) is 3.92. The van der Waals surface area contributed by atoms with Crippen LogP contribution < -0.4 is 21.3 Å². The smallest absolute Gasteiger partial charge is 0.183 e. The largest absolute Gasteiger partial charge is 0.397 e. The van der Waals surface area contributed by atoms with Crippen molar-refractivity contribution < 1.29 is 4.74 Å². The zero-order chi connectivity index (χ0) is 20.6. The van der Waals surface area contributed by atoms with Gasteiger partial charge in [-0.1, -0.05) is 17.9 Å². The van der Waals surface area contributed by atoms with Gasteiger partial charge in [0.2, 0.25) is 0 Å². The summed E-state index contributed by atoms with van der Waals surface area (Å²) in [7, 11) is 0. The molecule has 7 nitrogen and oxygen atoms in total. The van der Waals surface area contributed by atoms with Crippen LogP contribution in [0.5, 0.6) is 0 Å². The van der Waals surface area contributed by atoms with E-state index in [0.29, 0.717) is 11.5 Å². The Morgan fingerprint density at radius 1 is 1.34 bits per heavy atom. The Labute approximate surface area is 176 Å². The van der Waals surface area contributed by atoms with Gasteiger partial charge in [-0.25, -0.2) is 9.98 Å². The Hall–Kier alpha value is -2.84. The van der Waals surface area contributed by atoms with Gasteiger partial charge in [0.1, 0.15) is 5.82 Å². The first-order valence-corrected chi connectivity index (χ1v) is 10.5. The normalized spacial score (nSPS) is 15.0. The maximum atomic E-state index is 6.18. The van der Waals surface area contributed by atoms with Gasteiger partial charge >= 0.3 is 0 Å². The van der Waals surface area contributed by atoms with Gasteiger partial charge in [0, 0.05) is 37.2 Å². The SMILES string of the molecule is C=C(/N=C\C=C(/N)c1sc(NCC)nc1C)Nc1ccc(N2CCOCC2)cc1. The summed E-state index contributed by atoms with van der Waals surface area (Å²) in [6.45, 7) is 12.2. The minimum atomic E-state index is 0.544. The summed E-state index contributed by atoms with van der Waals surface area (Å²) in [5, 5.41) is 7.27. The highest BCUT2D eigenvalue weighted by Gasteiger charge is 2.11. The van der Waals surface area contributed by atoms with Gasteiger partial charge in [0.15, 0.2) is 5.13 Å². The number of hydrogen-bond donors (Lipinski definition) is 3. The quantitative estimate of drug-likeness (QED) is 0.574. The lowest BCUT2D eigenvalue weighted by Crippen LogP contribution is -2.36. The van der Waals surface area contributed by atoms with Crippen molar-refractivity contribution in [3.63, 3.8) is 0 Å². The molecule has 8 heteroatoms. The van der Waals surface area contributed by atoms with E-state index in [4.69, 9.17) is 10.5 Å². The fraction of sp³-hybridized carbons (Fsp3) is 0.333. The van der Waals surface area contributed by atoms with Crippen molar-refractivity contribution in [3.8, 4) is 0 Å². The van der Waals surface area contributed by atoms with E-state index < -0.39 is 0 Å². The highest BCUT2D eigenvalue weighted by atomic mass is 32.1. The second-order valence-corrected chi connectivity index (χ2v) is 7.58. The highest BCUT2D eigenvalue weighted by molar-refractivity contribution is 7.16. The van der Waals surface area contributed by atoms with Crippen LogP contribution in [0.4, 0.5) is 16.5 Å². The predicted octanol–water partition coefficient (Wildman–Crippen LogP) is 3.67. The molecular formula is C21H28N6OS. The molecule has 0 bridgehead atoms. The number of nitrogens with zero attached hydrogens (tertiary/aromatic N) is 3. The van der Waals surface area contributed by atoms with E-state index in [9.17, 15) is 0 Å². The molecule has 2 heterocycles. The molecule has 3 rings (SSSR count). The van der Waals surface area contributed by atoms with Gasteiger partial charge in [0.05, 0.1) is 29.5 Å². The van der Waals surface area contributed by atoms with Gasteiger partial charge < -0.3 is 26.0 Å². The van der Waals surface area contributed by atoms with Crippen LogP contribution in [0.1, 0.15) is 17.5 Å². The maximum absolute atomic E-state index is 6.18. The molecule has 0 atom stereocenters. The number of anilines is 3. The number of aliphatic imine (C=N–C) groups is 1. The number of allylic oxidation sites excluding steroid dienone is 1. The number of rotatable bonds is 8. The summed E-state index contributed by atoms with van der Waals surface area (Å²) >= 11 is 1.54. The Morgan fingerprint density at radius 3 is 2.76 bits per heavy atom. The van der Waals surface area contributed by atoms with E-state index in [1.54, 1.807) is 12.3 Å². The van der Waals surface area contributed by atoms with E-state index in [2.05, 4.69) is 44.2 Å². The molecule has 1 aromatic heterocycles. The molecule has 0 amide bonds. The molecule has 2 aromatic rings. The zero-order valence-corrected chi connectivity index (χ0v) is 17.8. The molecule has 4 N–H and O–H groups in total. The lowest BCUT2D eigenvalue weighted by atomic mass is 10.2. The number of aromatic nitrogens is 1. The number of benzene rings is 1. The Kier molecular flexibility index (Phi) is 7.26. The number of nitrogens with one attached hydrogen (secondary N) is 2. The molecule has 29 heavy (non-hydrogen) atoms. The van der Waals surface area contributed by atoms with Gasteiger partial charge in [0.25, 0.3) is 0 Å². The molecule has 0 saturated carbocycles. The summed E-state index contributed by atoms with van der Waals surface area (Å²) in [6, 6.07) is 8.24. The summed E-state index contributed by atoms with van der Waals surface area (Å²) in [5.74, 6) is 0.544. The van der Waals surface area contributed by atoms with Crippen LogP contribution in [-0.4, -0.2) is 44.0 Å². The van der Waals surface area contributed by atoms with Crippen molar-refractivity contribution in [3.05, 3.63) is 53.3 Å². The topological polar surface area (TPSA) is 87.8 Å². The molecule has 154 valence electrons. The molecule has 1 aliphatic heterocycles. The maximum Gasteiger partial charge on any atom is 0.183 e. The first-order valence-electron chi connectivity index (χ1n) is 9.67. The predicted molar refractivity (Wildman–Crippen MR) is 124 cm³/mol. The van der Waals surface area contributed by atoms with Crippen LogP contribution >= 0.6 is 11.3 Å². The minimum absolute atomic E-state index is 0.544. The summed E-state index contributed by atoms with van der Waals surface area (Å²) in [6.07, 6.45) is 3.42. The van der Waals surface area contributed by atoms with Crippen LogP contribution in [0.3, 0.4) is 0 Å². The van der Waals surface area contributed by atoms with Crippen molar-refractivity contribution in [2.24, 2.45) is 10.7 Å². The zero-order valence-electron chi connectivity index (χ0n) is 16.9. The van der Waals surface area contributed by atoms with Crippen LogP contribution in [0.2, 0.25) is 0 Å². The number of ether oxygens (including phenoxy) is 1. The summed E-state index contributed by atoms with van der Waals surface area (Å²) in [5.41, 5.74) is 9.86. The fourth-order valence-electron chi connectivity index (χ4n) is 2.95. The molecule has 1 aliphatic rings. The molecule has 0 spiro atoms. The first-order chi connectivity index (χ1) is 14.1. The van der Waals surface area contributed by atoms with Crippen molar-refractivity contribution in [1.82, 2.24) is 4.98 Å². The van der Waals surface area contributed by atoms with Crippen LogP contribution in [0.15, 0.2) is 47.7 Å². The molecule has 1 fully saturated rings. The Morgan fingerprint density at radius 2 is 2.07 bits per heavy atom. The monoisotopic (exact) mass is 412 g/mol. The summed E-state index contributed by atoms with van der Waals surface area (Å²) < 4.78 is 5.40. The van der Waals surface area contributed by atoms with Crippen molar-refractivity contribution in [2.75, 3.05) is 48.4 Å². The second-order valence-electron chi connectivity index (χ2n) is 6.58.